The zero-order valence-electron chi connectivity index (χ0n) is 14.3. The van der Waals surface area contributed by atoms with Gasteiger partial charge in [-0.25, -0.2) is 14.6 Å². The van der Waals surface area contributed by atoms with Crippen LogP contribution in [0.15, 0.2) is 48.5 Å². The monoisotopic (exact) mass is 361 g/mol. The number of anilines is 2. The third-order valence-electron chi connectivity index (χ3n) is 5.34. The number of amides is 5. The molecule has 3 aliphatic heterocycles. The molecule has 134 valence electrons. The maximum absolute atomic E-state index is 12.7. The molecule has 0 bridgehead atoms. The Balaban J connectivity index is 1.53. The highest BCUT2D eigenvalue weighted by molar-refractivity contribution is 6.34. The van der Waals surface area contributed by atoms with Gasteiger partial charge in [0.2, 0.25) is 0 Å². The van der Waals surface area contributed by atoms with Crippen molar-refractivity contribution in [3.05, 3.63) is 59.7 Å². The standard InChI is InChI=1S/C20H15N3O4/c24-17-14-7-1-2-8-15(14)18(25)22(17)12-5-3-6-13(11-12)23-19(26)16-9-4-10-21(16)20(23)27/h1-3,5-8,11,16H,4,9-10H2. The van der Waals surface area contributed by atoms with E-state index in [1.54, 1.807) is 53.4 Å². The van der Waals surface area contributed by atoms with Crippen LogP contribution < -0.4 is 9.80 Å². The fourth-order valence-corrected chi connectivity index (χ4v) is 4.06. The second-order valence-electron chi connectivity index (χ2n) is 6.82. The van der Waals surface area contributed by atoms with Crippen molar-refractivity contribution in [2.45, 2.75) is 18.9 Å². The van der Waals surface area contributed by atoms with Gasteiger partial charge in [0.25, 0.3) is 17.7 Å². The predicted molar refractivity (Wildman–Crippen MR) is 96.6 cm³/mol. The van der Waals surface area contributed by atoms with Gasteiger partial charge < -0.3 is 4.90 Å². The molecule has 5 amide bonds. The SMILES string of the molecule is O=C1c2ccccc2C(=O)N1c1cccc(N2C(=O)C3CCCN3C2=O)c1. The number of carbonyl (C=O) groups is 4. The van der Waals surface area contributed by atoms with Crippen LogP contribution in [-0.2, 0) is 4.79 Å². The fraction of sp³-hybridized carbons (Fsp3) is 0.200. The van der Waals surface area contributed by atoms with Crippen molar-refractivity contribution >= 4 is 35.1 Å². The number of nitrogens with zero attached hydrogens (tertiary/aromatic N) is 3. The largest absolute Gasteiger partial charge is 0.332 e. The Morgan fingerprint density at radius 3 is 2.04 bits per heavy atom. The molecular weight excluding hydrogens is 346 g/mol. The van der Waals surface area contributed by atoms with Gasteiger partial charge in [0.05, 0.1) is 22.5 Å². The van der Waals surface area contributed by atoms with E-state index in [0.717, 1.165) is 16.2 Å². The molecule has 5 rings (SSSR count). The van der Waals surface area contributed by atoms with E-state index in [1.807, 2.05) is 0 Å². The Bertz CT molecular complexity index is 974. The van der Waals surface area contributed by atoms with E-state index >= 15 is 0 Å². The van der Waals surface area contributed by atoms with Crippen molar-refractivity contribution in [3.8, 4) is 0 Å². The lowest BCUT2D eigenvalue weighted by Gasteiger charge is -2.19. The number of benzene rings is 2. The Labute approximate surface area is 154 Å². The molecule has 2 saturated heterocycles. The van der Waals surface area contributed by atoms with Crippen molar-refractivity contribution in [2.24, 2.45) is 0 Å². The lowest BCUT2D eigenvalue weighted by Crippen LogP contribution is -2.34. The van der Waals surface area contributed by atoms with Crippen LogP contribution >= 0.6 is 0 Å². The molecule has 0 saturated carbocycles. The highest BCUT2D eigenvalue weighted by Crippen LogP contribution is 2.35. The second kappa shape index (κ2) is 5.51. The molecule has 2 aromatic carbocycles. The number of rotatable bonds is 2. The maximum Gasteiger partial charge on any atom is 0.332 e. The second-order valence-corrected chi connectivity index (χ2v) is 6.82. The van der Waals surface area contributed by atoms with E-state index in [2.05, 4.69) is 0 Å². The van der Waals surface area contributed by atoms with Gasteiger partial charge >= 0.3 is 6.03 Å². The average molecular weight is 361 g/mol. The molecule has 2 aromatic rings. The molecule has 2 fully saturated rings. The van der Waals surface area contributed by atoms with E-state index in [-0.39, 0.29) is 11.9 Å². The summed E-state index contributed by atoms with van der Waals surface area (Å²) in [6.45, 7) is 0.573. The summed E-state index contributed by atoms with van der Waals surface area (Å²) in [4.78, 5) is 54.4. The molecule has 0 aliphatic carbocycles. The van der Waals surface area contributed by atoms with Gasteiger partial charge in [0.15, 0.2) is 0 Å². The third kappa shape index (κ3) is 2.08. The van der Waals surface area contributed by atoms with Gasteiger partial charge in [-0.05, 0) is 43.2 Å². The van der Waals surface area contributed by atoms with Gasteiger partial charge in [-0.3, -0.25) is 14.4 Å². The molecule has 1 unspecified atom stereocenters. The predicted octanol–water partition coefficient (Wildman–Crippen LogP) is 2.42. The van der Waals surface area contributed by atoms with Crippen LogP contribution in [0, 0.1) is 0 Å². The van der Waals surface area contributed by atoms with Gasteiger partial charge in [0, 0.05) is 6.54 Å². The van der Waals surface area contributed by atoms with Crippen molar-refractivity contribution in [1.82, 2.24) is 4.90 Å². The van der Waals surface area contributed by atoms with Gasteiger partial charge in [0.1, 0.15) is 6.04 Å². The van der Waals surface area contributed by atoms with Crippen molar-refractivity contribution in [2.75, 3.05) is 16.3 Å². The Morgan fingerprint density at radius 2 is 1.41 bits per heavy atom. The molecule has 0 N–H and O–H groups in total. The van der Waals surface area contributed by atoms with Crippen molar-refractivity contribution < 1.29 is 19.2 Å². The summed E-state index contributed by atoms with van der Waals surface area (Å²) in [5.41, 5.74) is 1.41. The highest BCUT2D eigenvalue weighted by atomic mass is 16.2. The summed E-state index contributed by atoms with van der Waals surface area (Å²) in [7, 11) is 0. The Kier molecular flexibility index (Phi) is 3.21. The summed E-state index contributed by atoms with van der Waals surface area (Å²) < 4.78 is 0. The Hall–Kier alpha value is -3.48. The van der Waals surface area contributed by atoms with Crippen LogP contribution in [0.5, 0.6) is 0 Å². The average Bonchev–Trinajstić information content (AvgIpc) is 3.32. The molecule has 0 spiro atoms. The van der Waals surface area contributed by atoms with Crippen molar-refractivity contribution in [3.63, 3.8) is 0 Å². The number of hydrogen-bond donors (Lipinski definition) is 0. The van der Waals surface area contributed by atoms with Gasteiger partial charge in [-0.2, -0.15) is 0 Å². The van der Waals surface area contributed by atoms with Crippen LogP contribution in [-0.4, -0.2) is 41.2 Å². The summed E-state index contributed by atoms with van der Waals surface area (Å²) in [5.74, 6) is -1.07. The van der Waals surface area contributed by atoms with E-state index < -0.39 is 17.9 Å². The first kappa shape index (κ1) is 15.7. The van der Waals surface area contributed by atoms with Crippen LogP contribution in [0.25, 0.3) is 0 Å². The fourth-order valence-electron chi connectivity index (χ4n) is 4.06. The summed E-state index contributed by atoms with van der Waals surface area (Å²) >= 11 is 0. The number of fused-ring (bicyclic) bond motifs is 2. The van der Waals surface area contributed by atoms with E-state index in [1.165, 1.54) is 0 Å². The van der Waals surface area contributed by atoms with Crippen LogP contribution in [0.1, 0.15) is 33.6 Å². The molecule has 7 nitrogen and oxygen atoms in total. The van der Waals surface area contributed by atoms with E-state index in [0.29, 0.717) is 35.5 Å². The normalized spacial score (nSPS) is 21.3. The first-order valence-electron chi connectivity index (χ1n) is 8.80. The van der Waals surface area contributed by atoms with Crippen LogP contribution in [0.3, 0.4) is 0 Å². The topological polar surface area (TPSA) is 78.0 Å². The smallest absolute Gasteiger partial charge is 0.312 e. The number of carbonyl (C=O) groups excluding carboxylic acids is 4. The number of imide groups is 2. The minimum absolute atomic E-state index is 0.253. The summed E-state index contributed by atoms with van der Waals surface area (Å²) in [6, 6.07) is 12.3. The minimum Gasteiger partial charge on any atom is -0.312 e. The summed E-state index contributed by atoms with van der Waals surface area (Å²) in [6.07, 6.45) is 1.49. The quantitative estimate of drug-likeness (QED) is 0.608. The molecule has 7 heteroatoms. The maximum atomic E-state index is 12.7. The van der Waals surface area contributed by atoms with Crippen LogP contribution in [0.4, 0.5) is 16.2 Å². The molecular formula is C20H15N3O4. The lowest BCUT2D eigenvalue weighted by atomic mass is 10.1. The molecule has 1 atom stereocenters. The lowest BCUT2D eigenvalue weighted by molar-refractivity contribution is -0.119. The van der Waals surface area contributed by atoms with E-state index in [9.17, 15) is 19.2 Å². The summed E-state index contributed by atoms with van der Waals surface area (Å²) in [5, 5.41) is 0. The first-order chi connectivity index (χ1) is 13.1. The van der Waals surface area contributed by atoms with Crippen LogP contribution in [0.2, 0.25) is 0 Å². The molecule has 3 aliphatic rings. The molecule has 0 radical (unpaired) electrons. The Morgan fingerprint density at radius 1 is 0.778 bits per heavy atom. The number of urea groups is 1. The van der Waals surface area contributed by atoms with Gasteiger partial charge in [-0.1, -0.05) is 18.2 Å². The molecule has 0 aromatic heterocycles. The van der Waals surface area contributed by atoms with Crippen molar-refractivity contribution in [1.29, 1.82) is 0 Å². The third-order valence-corrected chi connectivity index (χ3v) is 5.34. The zero-order valence-corrected chi connectivity index (χ0v) is 14.3. The first-order valence-corrected chi connectivity index (χ1v) is 8.80. The zero-order chi connectivity index (χ0) is 18.7. The van der Waals surface area contributed by atoms with Gasteiger partial charge in [-0.15, -0.1) is 0 Å². The number of hydrogen-bond acceptors (Lipinski definition) is 4. The van der Waals surface area contributed by atoms with E-state index in [4.69, 9.17) is 0 Å². The molecule has 3 heterocycles. The molecule has 27 heavy (non-hydrogen) atoms. The highest BCUT2D eigenvalue weighted by Gasteiger charge is 2.48. The minimum atomic E-state index is -0.410.